The van der Waals surface area contributed by atoms with Gasteiger partial charge in [-0.3, -0.25) is 0 Å². The number of nitrogens with two attached hydrogens (primary N) is 3. The number of hydrogen-bond acceptors (Lipinski definition) is 3. The largest absolute Gasteiger partial charge is 0.397 e. The molecule has 0 saturated carbocycles. The van der Waals surface area contributed by atoms with Crippen LogP contribution in [0.25, 0.3) is 0 Å². The van der Waals surface area contributed by atoms with Crippen LogP contribution in [0.1, 0.15) is 11.1 Å². The lowest BCUT2D eigenvalue weighted by atomic mass is 10.1. The molecule has 12 heavy (non-hydrogen) atoms. The third-order valence-corrected chi connectivity index (χ3v) is 2.44. The number of benzene rings is 1. The molecule has 0 fully saturated rings. The molecule has 2 rings (SSSR count). The zero-order valence-electron chi connectivity index (χ0n) is 6.88. The summed E-state index contributed by atoms with van der Waals surface area (Å²) in [7, 11) is 0. The van der Waals surface area contributed by atoms with Crippen LogP contribution in [-0.2, 0) is 12.8 Å². The van der Waals surface area contributed by atoms with Crippen LogP contribution in [0.5, 0.6) is 0 Å². The zero-order chi connectivity index (χ0) is 8.72. The molecule has 0 aliphatic heterocycles. The highest BCUT2D eigenvalue weighted by Crippen LogP contribution is 2.30. The van der Waals surface area contributed by atoms with Crippen LogP contribution in [0.2, 0.25) is 0 Å². The quantitative estimate of drug-likeness (QED) is 0.480. The number of anilines is 2. The number of hydrogen-bond donors (Lipinski definition) is 3. The molecule has 1 aromatic rings. The molecule has 0 spiro atoms. The molecule has 3 heteroatoms. The van der Waals surface area contributed by atoms with Crippen molar-refractivity contribution in [3.05, 3.63) is 23.3 Å². The molecule has 0 heterocycles. The van der Waals surface area contributed by atoms with Gasteiger partial charge in [-0.2, -0.15) is 0 Å². The van der Waals surface area contributed by atoms with E-state index in [1.807, 2.05) is 12.1 Å². The standard InChI is InChI=1S/C9H13N3/c10-6-3-5-1-2-8(11)9(12)7(5)4-6/h1-2,6H,3-4,10-12H2. The van der Waals surface area contributed by atoms with Crippen LogP contribution in [0.3, 0.4) is 0 Å². The minimum absolute atomic E-state index is 0.226. The lowest BCUT2D eigenvalue weighted by Gasteiger charge is -2.05. The van der Waals surface area contributed by atoms with Crippen molar-refractivity contribution in [2.45, 2.75) is 18.9 Å². The second kappa shape index (κ2) is 2.38. The van der Waals surface area contributed by atoms with Gasteiger partial charge in [0.2, 0.25) is 0 Å². The molecule has 0 bridgehead atoms. The van der Waals surface area contributed by atoms with Crippen LogP contribution >= 0.6 is 0 Å². The highest BCUT2D eigenvalue weighted by molar-refractivity contribution is 5.70. The first-order valence-electron chi connectivity index (χ1n) is 4.09. The van der Waals surface area contributed by atoms with Crippen LogP contribution in [0, 0.1) is 0 Å². The topological polar surface area (TPSA) is 78.1 Å². The minimum Gasteiger partial charge on any atom is -0.397 e. The second-order valence-electron chi connectivity index (χ2n) is 3.37. The molecule has 6 N–H and O–H groups in total. The Kier molecular flexibility index (Phi) is 1.48. The highest BCUT2D eigenvalue weighted by Gasteiger charge is 2.20. The van der Waals surface area contributed by atoms with Crippen LogP contribution in [-0.4, -0.2) is 6.04 Å². The fourth-order valence-electron chi connectivity index (χ4n) is 1.78. The maximum atomic E-state index is 5.82. The minimum atomic E-state index is 0.226. The Bertz CT molecular complexity index is 320. The SMILES string of the molecule is Nc1ccc2c(c1N)CC(N)C2. The molecule has 0 amide bonds. The molecule has 1 unspecified atom stereocenters. The van der Waals surface area contributed by atoms with Crippen molar-refractivity contribution in [3.8, 4) is 0 Å². The number of rotatable bonds is 0. The van der Waals surface area contributed by atoms with Gasteiger partial charge in [-0.25, -0.2) is 0 Å². The van der Waals surface area contributed by atoms with E-state index in [9.17, 15) is 0 Å². The molecule has 1 atom stereocenters. The average molecular weight is 163 g/mol. The van der Waals surface area contributed by atoms with Gasteiger partial charge in [0.15, 0.2) is 0 Å². The van der Waals surface area contributed by atoms with Gasteiger partial charge in [0, 0.05) is 6.04 Å². The van der Waals surface area contributed by atoms with E-state index in [4.69, 9.17) is 17.2 Å². The second-order valence-corrected chi connectivity index (χ2v) is 3.37. The van der Waals surface area contributed by atoms with Gasteiger partial charge in [-0.05, 0) is 30.0 Å². The van der Waals surface area contributed by atoms with Gasteiger partial charge < -0.3 is 17.2 Å². The van der Waals surface area contributed by atoms with E-state index in [0.29, 0.717) is 5.69 Å². The van der Waals surface area contributed by atoms with Crippen molar-refractivity contribution >= 4 is 11.4 Å². The average Bonchev–Trinajstić information content (AvgIpc) is 2.39. The van der Waals surface area contributed by atoms with Crippen LogP contribution in [0.15, 0.2) is 12.1 Å². The maximum absolute atomic E-state index is 5.82. The lowest BCUT2D eigenvalue weighted by molar-refractivity contribution is 0.721. The van der Waals surface area contributed by atoms with Crippen molar-refractivity contribution in [3.63, 3.8) is 0 Å². The van der Waals surface area contributed by atoms with Crippen molar-refractivity contribution in [2.24, 2.45) is 5.73 Å². The molecule has 0 radical (unpaired) electrons. The monoisotopic (exact) mass is 163 g/mol. The summed E-state index contributed by atoms with van der Waals surface area (Å²) < 4.78 is 0. The van der Waals surface area contributed by atoms with E-state index in [2.05, 4.69) is 0 Å². The smallest absolute Gasteiger partial charge is 0.0583 e. The van der Waals surface area contributed by atoms with Gasteiger partial charge >= 0.3 is 0 Å². The van der Waals surface area contributed by atoms with Crippen molar-refractivity contribution in [1.82, 2.24) is 0 Å². The van der Waals surface area contributed by atoms with E-state index in [0.717, 1.165) is 24.1 Å². The first-order chi connectivity index (χ1) is 5.68. The Morgan fingerprint density at radius 1 is 1.17 bits per heavy atom. The van der Waals surface area contributed by atoms with Crippen molar-refractivity contribution in [2.75, 3.05) is 11.5 Å². The predicted molar refractivity (Wildman–Crippen MR) is 50.7 cm³/mol. The maximum Gasteiger partial charge on any atom is 0.0583 e. The van der Waals surface area contributed by atoms with Crippen molar-refractivity contribution in [1.29, 1.82) is 0 Å². The summed E-state index contributed by atoms with van der Waals surface area (Å²) in [6.45, 7) is 0. The number of fused-ring (bicyclic) bond motifs is 1. The third-order valence-electron chi connectivity index (χ3n) is 2.44. The summed E-state index contributed by atoms with van der Waals surface area (Å²) >= 11 is 0. The number of nitrogen functional groups attached to an aromatic ring is 2. The van der Waals surface area contributed by atoms with Gasteiger partial charge in [0.1, 0.15) is 0 Å². The van der Waals surface area contributed by atoms with Crippen molar-refractivity contribution < 1.29 is 0 Å². The van der Waals surface area contributed by atoms with Crippen LogP contribution < -0.4 is 17.2 Å². The predicted octanol–water partition coefficient (Wildman–Crippen LogP) is 0.277. The summed E-state index contributed by atoms with van der Waals surface area (Å²) in [5, 5.41) is 0. The summed E-state index contributed by atoms with van der Waals surface area (Å²) in [5.74, 6) is 0. The fraction of sp³-hybridized carbons (Fsp3) is 0.333. The summed E-state index contributed by atoms with van der Waals surface area (Å²) in [4.78, 5) is 0. The zero-order valence-corrected chi connectivity index (χ0v) is 6.88. The van der Waals surface area contributed by atoms with E-state index < -0.39 is 0 Å². The first kappa shape index (κ1) is 7.43. The van der Waals surface area contributed by atoms with Gasteiger partial charge in [-0.1, -0.05) is 6.07 Å². The lowest BCUT2D eigenvalue weighted by Crippen LogP contribution is -2.19. The Morgan fingerprint density at radius 2 is 1.92 bits per heavy atom. The highest BCUT2D eigenvalue weighted by atomic mass is 14.7. The molecular weight excluding hydrogens is 150 g/mol. The molecule has 0 saturated heterocycles. The van der Waals surface area contributed by atoms with Gasteiger partial charge in [0.25, 0.3) is 0 Å². The molecule has 0 aromatic heterocycles. The third kappa shape index (κ3) is 0.940. The summed E-state index contributed by atoms with van der Waals surface area (Å²) in [6.07, 6.45) is 1.80. The molecule has 64 valence electrons. The molecule has 3 nitrogen and oxygen atoms in total. The van der Waals surface area contributed by atoms with E-state index in [1.54, 1.807) is 0 Å². The van der Waals surface area contributed by atoms with Gasteiger partial charge in [0.05, 0.1) is 11.4 Å². The van der Waals surface area contributed by atoms with E-state index in [-0.39, 0.29) is 6.04 Å². The first-order valence-corrected chi connectivity index (χ1v) is 4.09. The fourth-order valence-corrected chi connectivity index (χ4v) is 1.78. The Balaban J connectivity index is 2.54. The molecule has 1 aliphatic carbocycles. The van der Waals surface area contributed by atoms with Crippen LogP contribution in [0.4, 0.5) is 11.4 Å². The summed E-state index contributed by atoms with van der Waals surface area (Å²) in [6, 6.07) is 4.10. The Hall–Kier alpha value is -1.22. The Labute approximate surface area is 71.5 Å². The Morgan fingerprint density at radius 3 is 2.67 bits per heavy atom. The van der Waals surface area contributed by atoms with E-state index in [1.165, 1.54) is 5.56 Å². The van der Waals surface area contributed by atoms with Gasteiger partial charge in [-0.15, -0.1) is 0 Å². The molecule has 1 aromatic carbocycles. The molecular formula is C9H13N3. The van der Waals surface area contributed by atoms with E-state index >= 15 is 0 Å². The molecule has 1 aliphatic rings. The normalized spacial score (nSPS) is 20.9. The summed E-state index contributed by atoms with van der Waals surface area (Å²) in [5.41, 5.74) is 21.1.